The van der Waals surface area contributed by atoms with Gasteiger partial charge < -0.3 is 24.8 Å². The van der Waals surface area contributed by atoms with E-state index in [1.54, 1.807) is 6.07 Å². The number of esters is 1. The van der Waals surface area contributed by atoms with Crippen molar-refractivity contribution in [2.45, 2.75) is 18.9 Å². The van der Waals surface area contributed by atoms with Gasteiger partial charge >= 0.3 is 5.97 Å². The predicted octanol–water partition coefficient (Wildman–Crippen LogP) is 1.18. The highest BCUT2D eigenvalue weighted by Gasteiger charge is 2.23. The molecule has 7 heteroatoms. The molecule has 0 radical (unpaired) electrons. The molecule has 2 rings (SSSR count). The Hall–Kier alpha value is -2.44. The third-order valence-electron chi connectivity index (χ3n) is 3.31. The van der Waals surface area contributed by atoms with Crippen LogP contribution in [-0.4, -0.2) is 45.8 Å². The van der Waals surface area contributed by atoms with Crippen LogP contribution in [0, 0.1) is 0 Å². The number of hydrogen-bond donors (Lipinski definition) is 2. The average Bonchev–Trinajstić information content (AvgIpc) is 3.35. The number of methoxy groups -OCH3 is 3. The summed E-state index contributed by atoms with van der Waals surface area (Å²) in [6.07, 6.45) is 2.05. The minimum Gasteiger partial charge on any atom is -0.493 e. The number of nitrogens with one attached hydrogen (secondary N) is 2. The summed E-state index contributed by atoms with van der Waals surface area (Å²) in [4.78, 5) is 23.6. The summed E-state index contributed by atoms with van der Waals surface area (Å²) in [5.74, 6) is 0.232. The molecular weight excluding hydrogens is 288 g/mol. The van der Waals surface area contributed by atoms with E-state index in [1.807, 2.05) is 0 Å². The van der Waals surface area contributed by atoms with Gasteiger partial charge in [-0.3, -0.25) is 4.79 Å². The van der Waals surface area contributed by atoms with E-state index < -0.39 is 5.97 Å². The zero-order valence-corrected chi connectivity index (χ0v) is 12.9. The maximum atomic E-state index is 11.9. The van der Waals surface area contributed by atoms with E-state index in [-0.39, 0.29) is 18.0 Å². The second kappa shape index (κ2) is 7.02. The van der Waals surface area contributed by atoms with E-state index in [0.717, 1.165) is 12.8 Å². The first-order valence-electron chi connectivity index (χ1n) is 6.96. The monoisotopic (exact) mass is 308 g/mol. The molecule has 1 aliphatic rings. The van der Waals surface area contributed by atoms with Crippen LogP contribution in [0.2, 0.25) is 0 Å². The number of anilines is 1. The number of carbonyl (C=O) groups excluding carboxylic acids is 2. The number of ether oxygens (including phenoxy) is 3. The van der Waals surface area contributed by atoms with Crippen molar-refractivity contribution in [3.63, 3.8) is 0 Å². The Morgan fingerprint density at radius 1 is 1.14 bits per heavy atom. The first-order valence-corrected chi connectivity index (χ1v) is 6.96. The second-order valence-electron chi connectivity index (χ2n) is 4.94. The molecule has 0 heterocycles. The third-order valence-corrected chi connectivity index (χ3v) is 3.31. The lowest BCUT2D eigenvalue weighted by molar-refractivity contribution is -0.119. The van der Waals surface area contributed by atoms with E-state index in [0.29, 0.717) is 23.2 Å². The highest BCUT2D eigenvalue weighted by molar-refractivity contribution is 5.97. The Bertz CT molecular complexity index is 569. The quantitative estimate of drug-likeness (QED) is 0.736. The van der Waals surface area contributed by atoms with Crippen LogP contribution in [0.3, 0.4) is 0 Å². The Balaban J connectivity index is 2.18. The van der Waals surface area contributed by atoms with Crippen molar-refractivity contribution in [1.29, 1.82) is 0 Å². The van der Waals surface area contributed by atoms with Gasteiger partial charge in [-0.05, 0) is 12.8 Å². The zero-order valence-electron chi connectivity index (χ0n) is 12.9. The highest BCUT2D eigenvalue weighted by atomic mass is 16.5. The molecule has 0 atom stereocenters. The van der Waals surface area contributed by atoms with Crippen molar-refractivity contribution in [1.82, 2.24) is 5.32 Å². The average molecular weight is 308 g/mol. The lowest BCUT2D eigenvalue weighted by Crippen LogP contribution is -2.31. The van der Waals surface area contributed by atoms with Crippen LogP contribution < -0.4 is 20.1 Å². The summed E-state index contributed by atoms with van der Waals surface area (Å²) < 4.78 is 15.1. The van der Waals surface area contributed by atoms with Gasteiger partial charge in [0.05, 0.1) is 39.1 Å². The van der Waals surface area contributed by atoms with Gasteiger partial charge in [-0.15, -0.1) is 0 Å². The van der Waals surface area contributed by atoms with Crippen LogP contribution in [0.1, 0.15) is 23.2 Å². The molecule has 22 heavy (non-hydrogen) atoms. The van der Waals surface area contributed by atoms with Crippen molar-refractivity contribution in [3.8, 4) is 11.5 Å². The summed E-state index contributed by atoms with van der Waals surface area (Å²) in [5, 5.41) is 5.80. The van der Waals surface area contributed by atoms with Crippen LogP contribution in [0.4, 0.5) is 5.69 Å². The van der Waals surface area contributed by atoms with Crippen LogP contribution >= 0.6 is 0 Å². The fourth-order valence-electron chi connectivity index (χ4n) is 1.99. The summed E-state index contributed by atoms with van der Waals surface area (Å²) in [5.41, 5.74) is 0.731. The molecule has 120 valence electrons. The Labute approximate surface area is 128 Å². The summed E-state index contributed by atoms with van der Waals surface area (Å²) in [6, 6.07) is 3.42. The van der Waals surface area contributed by atoms with Gasteiger partial charge in [0.2, 0.25) is 5.91 Å². The molecule has 0 aromatic heterocycles. The lowest BCUT2D eigenvalue weighted by Gasteiger charge is -2.15. The molecule has 0 bridgehead atoms. The van der Waals surface area contributed by atoms with Gasteiger partial charge in [-0.25, -0.2) is 4.79 Å². The Morgan fingerprint density at radius 3 is 2.32 bits per heavy atom. The van der Waals surface area contributed by atoms with Crippen LogP contribution in [0.5, 0.6) is 11.5 Å². The maximum absolute atomic E-state index is 11.9. The molecule has 0 saturated heterocycles. The van der Waals surface area contributed by atoms with E-state index in [2.05, 4.69) is 10.6 Å². The molecule has 1 aliphatic carbocycles. The molecular formula is C15H20N2O5. The molecule has 1 fully saturated rings. The fraction of sp³-hybridized carbons (Fsp3) is 0.467. The third kappa shape index (κ3) is 3.81. The lowest BCUT2D eigenvalue weighted by atomic mass is 10.1. The summed E-state index contributed by atoms with van der Waals surface area (Å²) >= 11 is 0. The molecule has 1 saturated carbocycles. The highest BCUT2D eigenvalue weighted by Crippen LogP contribution is 2.33. The fourth-order valence-corrected chi connectivity index (χ4v) is 1.99. The molecule has 0 aliphatic heterocycles. The van der Waals surface area contributed by atoms with Gasteiger partial charge in [0.25, 0.3) is 0 Å². The Kier molecular flexibility index (Phi) is 5.08. The van der Waals surface area contributed by atoms with Gasteiger partial charge in [-0.2, -0.15) is 0 Å². The SMILES string of the molecule is COC(=O)c1cc(OC)c(OC)cc1NCC(=O)NC1CC1. The van der Waals surface area contributed by atoms with Crippen LogP contribution in [-0.2, 0) is 9.53 Å². The standard InChI is InChI=1S/C15H20N2O5/c1-20-12-6-10(15(19)22-3)11(7-13(12)21-2)16-8-14(18)17-9-4-5-9/h6-7,9,16H,4-5,8H2,1-3H3,(H,17,18). The summed E-state index contributed by atoms with van der Waals surface area (Å²) in [7, 11) is 4.27. The van der Waals surface area contributed by atoms with Crippen molar-refractivity contribution in [2.75, 3.05) is 33.2 Å². The van der Waals surface area contributed by atoms with Gasteiger partial charge in [-0.1, -0.05) is 0 Å². The van der Waals surface area contributed by atoms with Crippen molar-refractivity contribution >= 4 is 17.6 Å². The topological polar surface area (TPSA) is 85.9 Å². The normalized spacial score (nSPS) is 13.2. The minimum atomic E-state index is -0.522. The van der Waals surface area contributed by atoms with E-state index in [1.165, 1.54) is 27.4 Å². The van der Waals surface area contributed by atoms with E-state index in [9.17, 15) is 9.59 Å². The van der Waals surface area contributed by atoms with Crippen molar-refractivity contribution in [3.05, 3.63) is 17.7 Å². The van der Waals surface area contributed by atoms with E-state index >= 15 is 0 Å². The number of rotatable bonds is 7. The molecule has 2 N–H and O–H groups in total. The van der Waals surface area contributed by atoms with E-state index in [4.69, 9.17) is 14.2 Å². The van der Waals surface area contributed by atoms with Crippen molar-refractivity contribution in [2.24, 2.45) is 0 Å². The first-order chi connectivity index (χ1) is 10.6. The van der Waals surface area contributed by atoms with Gasteiger partial charge in [0.1, 0.15) is 0 Å². The largest absolute Gasteiger partial charge is 0.493 e. The molecule has 7 nitrogen and oxygen atoms in total. The predicted molar refractivity (Wildman–Crippen MR) is 80.5 cm³/mol. The Morgan fingerprint density at radius 2 is 1.77 bits per heavy atom. The smallest absolute Gasteiger partial charge is 0.340 e. The zero-order chi connectivity index (χ0) is 16.1. The molecule has 1 aromatic rings. The number of benzene rings is 1. The maximum Gasteiger partial charge on any atom is 0.340 e. The number of hydrogen-bond acceptors (Lipinski definition) is 6. The van der Waals surface area contributed by atoms with Gasteiger partial charge in [0, 0.05) is 18.2 Å². The minimum absolute atomic E-state index is 0.0655. The molecule has 1 amide bonds. The van der Waals surface area contributed by atoms with Crippen molar-refractivity contribution < 1.29 is 23.8 Å². The number of amides is 1. The molecule has 1 aromatic carbocycles. The van der Waals surface area contributed by atoms with Crippen LogP contribution in [0.25, 0.3) is 0 Å². The molecule has 0 spiro atoms. The molecule has 0 unspecified atom stereocenters. The second-order valence-corrected chi connectivity index (χ2v) is 4.94. The first kappa shape index (κ1) is 15.9. The van der Waals surface area contributed by atoms with Crippen LogP contribution in [0.15, 0.2) is 12.1 Å². The summed E-state index contributed by atoms with van der Waals surface area (Å²) in [6.45, 7) is 0.0655. The number of carbonyl (C=O) groups is 2. The van der Waals surface area contributed by atoms with Gasteiger partial charge in [0.15, 0.2) is 11.5 Å².